The molecule has 12 nitrogen and oxygen atoms in total. The van der Waals surface area contributed by atoms with Crippen LogP contribution in [0.3, 0.4) is 0 Å². The van der Waals surface area contributed by atoms with Crippen molar-refractivity contribution >= 4 is 35.3 Å². The molecule has 8 N–H and O–H groups in total. The fraction of sp³-hybridized carbons (Fsp3) is 0.625. The van der Waals surface area contributed by atoms with E-state index >= 15 is 0 Å². The van der Waals surface area contributed by atoms with Gasteiger partial charge in [0.05, 0.1) is 31.0 Å². The fourth-order valence-corrected chi connectivity index (χ4v) is 2.30. The molecule has 0 unspecified atom stereocenters. The van der Waals surface area contributed by atoms with Gasteiger partial charge < -0.3 is 32.1 Å². The van der Waals surface area contributed by atoms with Gasteiger partial charge in [0.2, 0.25) is 11.8 Å². The number of aliphatic hydroxyl groups is 1. The van der Waals surface area contributed by atoms with E-state index in [9.17, 15) is 28.8 Å². The number of hydrogen-bond donors (Lipinski definition) is 6. The third-order valence-electron chi connectivity index (χ3n) is 3.87. The zero-order valence-electron chi connectivity index (χ0n) is 15.1. The van der Waals surface area contributed by atoms with Crippen molar-refractivity contribution in [2.45, 2.75) is 38.1 Å². The van der Waals surface area contributed by atoms with Crippen molar-refractivity contribution in [3.05, 3.63) is 0 Å². The molecule has 0 saturated carbocycles. The Hall–Kier alpha value is -2.86. The van der Waals surface area contributed by atoms with E-state index in [0.717, 1.165) is 0 Å². The molecule has 0 aromatic heterocycles. The van der Waals surface area contributed by atoms with E-state index in [1.807, 2.05) is 0 Å². The number of amides is 2. The third kappa shape index (κ3) is 10.3. The second-order valence-corrected chi connectivity index (χ2v) is 6.26. The summed E-state index contributed by atoms with van der Waals surface area (Å²) in [6.07, 6.45) is -2.24. The number of ketones is 2. The van der Waals surface area contributed by atoms with Crippen LogP contribution < -0.4 is 16.8 Å². The van der Waals surface area contributed by atoms with Crippen molar-refractivity contribution in [1.29, 1.82) is 0 Å². The lowest BCUT2D eigenvalue weighted by atomic mass is 9.90. The highest BCUT2D eigenvalue weighted by Gasteiger charge is 2.28. The molecule has 158 valence electrons. The Labute approximate surface area is 160 Å². The number of aliphatic carboxylic acids is 2. The van der Waals surface area contributed by atoms with Crippen LogP contribution in [0.25, 0.3) is 0 Å². The molecule has 3 atom stereocenters. The van der Waals surface area contributed by atoms with Crippen molar-refractivity contribution < 1.29 is 44.1 Å². The molecule has 0 radical (unpaired) electrons. The van der Waals surface area contributed by atoms with Crippen LogP contribution in [-0.4, -0.2) is 69.8 Å². The van der Waals surface area contributed by atoms with Crippen LogP contribution in [0.4, 0.5) is 0 Å². The Morgan fingerprint density at radius 1 is 0.929 bits per heavy atom. The van der Waals surface area contributed by atoms with Crippen molar-refractivity contribution in [3.8, 4) is 0 Å². The summed E-state index contributed by atoms with van der Waals surface area (Å²) in [5.41, 5.74) is 10.4. The molecule has 2 amide bonds. The van der Waals surface area contributed by atoms with Crippen LogP contribution in [0.5, 0.6) is 0 Å². The minimum absolute atomic E-state index is 0.267. The number of rotatable bonds is 15. The summed E-state index contributed by atoms with van der Waals surface area (Å²) < 4.78 is 0. The number of hydrogen-bond acceptors (Lipinski definition) is 8. The van der Waals surface area contributed by atoms with E-state index in [0.29, 0.717) is 0 Å². The summed E-state index contributed by atoms with van der Waals surface area (Å²) in [4.78, 5) is 68.7. The van der Waals surface area contributed by atoms with E-state index in [-0.39, 0.29) is 6.42 Å². The fourth-order valence-electron chi connectivity index (χ4n) is 2.30. The number of primary amides is 1. The first-order chi connectivity index (χ1) is 13.0. The van der Waals surface area contributed by atoms with Crippen LogP contribution in [-0.2, 0) is 28.8 Å². The predicted octanol–water partition coefficient (Wildman–Crippen LogP) is -2.60. The van der Waals surface area contributed by atoms with Gasteiger partial charge in [0.25, 0.3) is 0 Å². The lowest BCUT2D eigenvalue weighted by molar-refractivity contribution is -0.145. The molecule has 12 heteroatoms. The number of nitrogens with one attached hydrogen (secondary N) is 1. The van der Waals surface area contributed by atoms with E-state index in [1.54, 1.807) is 0 Å². The van der Waals surface area contributed by atoms with Gasteiger partial charge in [-0.1, -0.05) is 0 Å². The highest BCUT2D eigenvalue weighted by Crippen LogP contribution is 2.17. The minimum Gasteiger partial charge on any atom is -0.481 e. The first-order valence-corrected chi connectivity index (χ1v) is 8.39. The summed E-state index contributed by atoms with van der Waals surface area (Å²) in [5, 5.41) is 28.7. The molecule has 0 saturated heterocycles. The normalized spacial score (nSPS) is 13.8. The van der Waals surface area contributed by atoms with E-state index < -0.39 is 92.0 Å². The van der Waals surface area contributed by atoms with E-state index in [1.165, 1.54) is 0 Å². The largest absolute Gasteiger partial charge is 0.481 e. The molecule has 0 rings (SSSR count). The number of carboxylic acid groups (broad SMARTS) is 2. The van der Waals surface area contributed by atoms with Gasteiger partial charge >= 0.3 is 11.9 Å². The molecular weight excluding hydrogens is 378 g/mol. The number of Topliss-reactive ketones (excluding diaryl/α,β-unsaturated/α-hetero) is 2. The Balaban J connectivity index is 4.91. The van der Waals surface area contributed by atoms with Crippen molar-refractivity contribution in [1.82, 2.24) is 5.32 Å². The third-order valence-corrected chi connectivity index (χ3v) is 3.87. The summed E-state index contributed by atoms with van der Waals surface area (Å²) in [5.74, 6) is -8.08. The molecule has 0 bridgehead atoms. The second kappa shape index (κ2) is 12.5. The molecule has 0 aromatic rings. The Morgan fingerprint density at radius 2 is 1.50 bits per heavy atom. The highest BCUT2D eigenvalue weighted by molar-refractivity contribution is 5.94. The topological polar surface area (TPSA) is 227 Å². The monoisotopic (exact) mass is 403 g/mol. The van der Waals surface area contributed by atoms with Gasteiger partial charge in [-0.25, -0.2) is 0 Å². The first-order valence-electron chi connectivity index (χ1n) is 8.39. The average Bonchev–Trinajstić information content (AvgIpc) is 2.60. The van der Waals surface area contributed by atoms with Crippen LogP contribution in [0.2, 0.25) is 0 Å². The first kappa shape index (κ1) is 25.1. The molecule has 28 heavy (non-hydrogen) atoms. The van der Waals surface area contributed by atoms with Gasteiger partial charge in [0.1, 0.15) is 5.78 Å². The van der Waals surface area contributed by atoms with Crippen LogP contribution >= 0.6 is 0 Å². The van der Waals surface area contributed by atoms with Crippen molar-refractivity contribution in [2.24, 2.45) is 23.3 Å². The number of carbonyl (C=O) groups excluding carboxylic acids is 4. The second-order valence-electron chi connectivity index (χ2n) is 6.26. The molecule has 0 aliphatic rings. The van der Waals surface area contributed by atoms with Gasteiger partial charge in [-0.2, -0.15) is 0 Å². The Kier molecular flexibility index (Phi) is 11.2. The van der Waals surface area contributed by atoms with Crippen molar-refractivity contribution in [3.63, 3.8) is 0 Å². The lowest BCUT2D eigenvalue weighted by Gasteiger charge is -2.17. The maximum absolute atomic E-state index is 12.1. The molecule has 0 spiro atoms. The maximum atomic E-state index is 12.1. The molecule has 0 fully saturated rings. The van der Waals surface area contributed by atoms with Gasteiger partial charge in [-0.3, -0.25) is 28.8 Å². The maximum Gasteiger partial charge on any atom is 0.306 e. The van der Waals surface area contributed by atoms with E-state index in [4.69, 9.17) is 26.8 Å². The Morgan fingerprint density at radius 3 is 1.96 bits per heavy atom. The Bertz CT molecular complexity index is 620. The molecule has 0 aliphatic heterocycles. The minimum atomic E-state index is -1.35. The summed E-state index contributed by atoms with van der Waals surface area (Å²) in [6.45, 7) is -1.15. The number of carbonyl (C=O) groups is 6. The van der Waals surface area contributed by atoms with Crippen LogP contribution in [0.15, 0.2) is 0 Å². The predicted molar refractivity (Wildman–Crippen MR) is 92.6 cm³/mol. The molecule has 0 heterocycles. The van der Waals surface area contributed by atoms with Gasteiger partial charge in [0, 0.05) is 25.7 Å². The number of carboxylic acids is 2. The van der Waals surface area contributed by atoms with Gasteiger partial charge in [0.15, 0.2) is 5.78 Å². The van der Waals surface area contributed by atoms with Crippen LogP contribution in [0.1, 0.15) is 32.1 Å². The quantitative estimate of drug-likeness (QED) is 0.167. The SMILES string of the molecule is NC(=O)C[C@H](CC(=O)C[C@@H](CCC(=O)O)C(=O)O)C(=O)NCC(=O)[C@@H](N)CO. The highest BCUT2D eigenvalue weighted by atomic mass is 16.4. The molecule has 0 aliphatic carbocycles. The smallest absolute Gasteiger partial charge is 0.306 e. The van der Waals surface area contributed by atoms with E-state index in [2.05, 4.69) is 5.32 Å². The average molecular weight is 403 g/mol. The number of nitrogens with two attached hydrogens (primary N) is 2. The molecule has 0 aromatic carbocycles. The zero-order valence-corrected chi connectivity index (χ0v) is 15.1. The van der Waals surface area contributed by atoms with Gasteiger partial charge in [-0.05, 0) is 6.42 Å². The summed E-state index contributed by atoms with van der Waals surface area (Å²) in [6, 6.07) is -1.19. The summed E-state index contributed by atoms with van der Waals surface area (Å²) >= 11 is 0. The van der Waals surface area contributed by atoms with Crippen LogP contribution in [0, 0.1) is 11.8 Å². The summed E-state index contributed by atoms with van der Waals surface area (Å²) in [7, 11) is 0. The lowest BCUT2D eigenvalue weighted by Crippen LogP contribution is -2.44. The molecular formula is C16H25N3O9. The van der Waals surface area contributed by atoms with Gasteiger partial charge in [-0.15, -0.1) is 0 Å². The standard InChI is InChI=1S/C16H25N3O9/c17-11(7-20)12(22)6-19-15(26)9(5-13(18)23)4-10(21)3-8(16(27)28)1-2-14(24)25/h8-9,11,20H,1-7,17H2,(H2,18,23)(H,19,26)(H,24,25)(H,27,28)/t8-,9+,11+/m1/s1. The van der Waals surface area contributed by atoms with Crippen molar-refractivity contribution in [2.75, 3.05) is 13.2 Å². The number of aliphatic hydroxyl groups excluding tert-OH is 1. The zero-order chi connectivity index (χ0) is 21.9.